The van der Waals surface area contributed by atoms with Gasteiger partial charge in [0, 0.05) is 12.6 Å². The SMILES string of the molecule is CC(C)Cn1ncnc1COc1cccc(CC(C)N)c1. The summed E-state index contributed by atoms with van der Waals surface area (Å²) < 4.78 is 7.73. The summed E-state index contributed by atoms with van der Waals surface area (Å²) in [6.45, 7) is 7.59. The highest BCUT2D eigenvalue weighted by atomic mass is 16.5. The van der Waals surface area contributed by atoms with Crippen LogP contribution in [0.3, 0.4) is 0 Å². The number of nitrogens with zero attached hydrogens (tertiary/aromatic N) is 3. The molecule has 0 spiro atoms. The van der Waals surface area contributed by atoms with Gasteiger partial charge in [0.05, 0.1) is 0 Å². The van der Waals surface area contributed by atoms with Gasteiger partial charge in [-0.2, -0.15) is 5.10 Å². The zero-order chi connectivity index (χ0) is 15.2. The summed E-state index contributed by atoms with van der Waals surface area (Å²) in [6.07, 6.45) is 2.42. The fraction of sp³-hybridized carbons (Fsp3) is 0.500. The molecule has 0 saturated heterocycles. The molecule has 1 aromatic carbocycles. The zero-order valence-corrected chi connectivity index (χ0v) is 13.0. The molecule has 2 aromatic rings. The minimum atomic E-state index is 0.148. The normalized spacial score (nSPS) is 12.6. The third-order valence-corrected chi connectivity index (χ3v) is 3.06. The van der Waals surface area contributed by atoms with Crippen molar-refractivity contribution in [2.24, 2.45) is 11.7 Å². The first-order valence-corrected chi connectivity index (χ1v) is 7.38. The Morgan fingerprint density at radius 1 is 1.29 bits per heavy atom. The summed E-state index contributed by atoms with van der Waals surface area (Å²) in [4.78, 5) is 4.26. The summed E-state index contributed by atoms with van der Waals surface area (Å²) >= 11 is 0. The maximum absolute atomic E-state index is 5.83. The first-order chi connectivity index (χ1) is 10.0. The molecule has 5 nitrogen and oxygen atoms in total. The average Bonchev–Trinajstić information content (AvgIpc) is 2.82. The molecule has 0 fully saturated rings. The molecule has 0 aliphatic rings. The quantitative estimate of drug-likeness (QED) is 0.849. The Labute approximate surface area is 126 Å². The number of benzene rings is 1. The van der Waals surface area contributed by atoms with Gasteiger partial charge in [0.1, 0.15) is 18.7 Å². The Morgan fingerprint density at radius 3 is 2.81 bits per heavy atom. The van der Waals surface area contributed by atoms with Crippen LogP contribution in [-0.4, -0.2) is 20.8 Å². The van der Waals surface area contributed by atoms with Crippen LogP contribution in [0.2, 0.25) is 0 Å². The van der Waals surface area contributed by atoms with Crippen molar-refractivity contribution in [1.82, 2.24) is 14.8 Å². The molecule has 0 aliphatic carbocycles. The van der Waals surface area contributed by atoms with E-state index in [1.54, 1.807) is 6.33 Å². The molecular formula is C16H24N4O. The molecule has 5 heteroatoms. The van der Waals surface area contributed by atoms with Crippen LogP contribution in [0, 0.1) is 5.92 Å². The van der Waals surface area contributed by atoms with E-state index in [-0.39, 0.29) is 6.04 Å². The van der Waals surface area contributed by atoms with E-state index in [2.05, 4.69) is 30.0 Å². The van der Waals surface area contributed by atoms with Gasteiger partial charge < -0.3 is 10.5 Å². The third kappa shape index (κ3) is 4.86. The van der Waals surface area contributed by atoms with Crippen molar-refractivity contribution < 1.29 is 4.74 Å². The summed E-state index contributed by atoms with van der Waals surface area (Å²) in [5.74, 6) is 2.22. The molecule has 1 unspecified atom stereocenters. The van der Waals surface area contributed by atoms with Gasteiger partial charge in [-0.1, -0.05) is 26.0 Å². The predicted octanol–water partition coefficient (Wildman–Crippen LogP) is 2.40. The highest BCUT2D eigenvalue weighted by Gasteiger charge is 2.07. The smallest absolute Gasteiger partial charge is 0.164 e. The molecular weight excluding hydrogens is 264 g/mol. The molecule has 0 bridgehead atoms. The average molecular weight is 288 g/mol. The van der Waals surface area contributed by atoms with Gasteiger partial charge in [-0.25, -0.2) is 9.67 Å². The van der Waals surface area contributed by atoms with E-state index in [9.17, 15) is 0 Å². The number of nitrogens with two attached hydrogens (primary N) is 1. The molecule has 0 amide bonds. The Balaban J connectivity index is 1.98. The van der Waals surface area contributed by atoms with Gasteiger partial charge in [0.2, 0.25) is 0 Å². The van der Waals surface area contributed by atoms with Crippen molar-refractivity contribution in [3.05, 3.63) is 42.0 Å². The van der Waals surface area contributed by atoms with E-state index in [4.69, 9.17) is 10.5 Å². The molecule has 0 saturated carbocycles. The summed E-state index contributed by atoms with van der Waals surface area (Å²) in [5.41, 5.74) is 7.02. The van der Waals surface area contributed by atoms with Crippen LogP contribution in [0.25, 0.3) is 0 Å². The van der Waals surface area contributed by atoms with E-state index in [1.165, 1.54) is 5.56 Å². The lowest BCUT2D eigenvalue weighted by atomic mass is 10.1. The van der Waals surface area contributed by atoms with E-state index in [1.807, 2.05) is 29.8 Å². The maximum atomic E-state index is 5.83. The molecule has 1 heterocycles. The number of rotatable bonds is 7. The van der Waals surface area contributed by atoms with Crippen molar-refractivity contribution in [3.8, 4) is 5.75 Å². The lowest BCUT2D eigenvalue weighted by molar-refractivity contribution is 0.282. The fourth-order valence-electron chi connectivity index (χ4n) is 2.18. The highest BCUT2D eigenvalue weighted by molar-refractivity contribution is 5.29. The van der Waals surface area contributed by atoms with Gasteiger partial charge in [-0.15, -0.1) is 0 Å². The summed E-state index contributed by atoms with van der Waals surface area (Å²) in [7, 11) is 0. The van der Waals surface area contributed by atoms with E-state index in [0.29, 0.717) is 12.5 Å². The van der Waals surface area contributed by atoms with Crippen LogP contribution < -0.4 is 10.5 Å². The Hall–Kier alpha value is -1.88. The minimum absolute atomic E-state index is 0.148. The second-order valence-corrected chi connectivity index (χ2v) is 5.87. The van der Waals surface area contributed by atoms with Crippen molar-refractivity contribution >= 4 is 0 Å². The van der Waals surface area contributed by atoms with Gasteiger partial charge in [0.25, 0.3) is 0 Å². The van der Waals surface area contributed by atoms with Crippen molar-refractivity contribution in [2.45, 2.75) is 46.4 Å². The van der Waals surface area contributed by atoms with E-state index in [0.717, 1.165) is 24.5 Å². The summed E-state index contributed by atoms with van der Waals surface area (Å²) in [6, 6.07) is 8.19. The van der Waals surface area contributed by atoms with Gasteiger partial charge in [-0.05, 0) is 37.0 Å². The molecule has 0 radical (unpaired) electrons. The molecule has 114 valence electrons. The standard InChI is InChI=1S/C16H24N4O/c1-12(2)9-20-16(18-11-19-20)10-21-15-6-4-5-14(8-15)7-13(3)17/h4-6,8,11-13H,7,9-10,17H2,1-3H3. The lowest BCUT2D eigenvalue weighted by Crippen LogP contribution is -2.17. The molecule has 21 heavy (non-hydrogen) atoms. The zero-order valence-electron chi connectivity index (χ0n) is 13.0. The highest BCUT2D eigenvalue weighted by Crippen LogP contribution is 2.16. The number of hydrogen-bond acceptors (Lipinski definition) is 4. The molecule has 0 aliphatic heterocycles. The number of hydrogen-bond donors (Lipinski definition) is 1. The van der Waals surface area contributed by atoms with E-state index < -0.39 is 0 Å². The second-order valence-electron chi connectivity index (χ2n) is 5.87. The van der Waals surface area contributed by atoms with Crippen LogP contribution in [-0.2, 0) is 19.6 Å². The van der Waals surface area contributed by atoms with Crippen molar-refractivity contribution in [1.29, 1.82) is 0 Å². The van der Waals surface area contributed by atoms with E-state index >= 15 is 0 Å². The van der Waals surface area contributed by atoms with Crippen LogP contribution in [0.5, 0.6) is 5.75 Å². The number of aromatic nitrogens is 3. The van der Waals surface area contributed by atoms with Crippen LogP contribution in [0.1, 0.15) is 32.2 Å². The Bertz CT molecular complexity index is 563. The van der Waals surface area contributed by atoms with Crippen molar-refractivity contribution in [2.75, 3.05) is 0 Å². The second kappa shape index (κ2) is 7.22. The monoisotopic (exact) mass is 288 g/mol. The molecule has 2 N–H and O–H groups in total. The largest absolute Gasteiger partial charge is 0.486 e. The van der Waals surface area contributed by atoms with Gasteiger partial charge >= 0.3 is 0 Å². The van der Waals surface area contributed by atoms with Gasteiger partial charge in [-0.3, -0.25) is 0 Å². The molecule has 1 atom stereocenters. The van der Waals surface area contributed by atoms with Crippen LogP contribution in [0.15, 0.2) is 30.6 Å². The topological polar surface area (TPSA) is 66.0 Å². The Morgan fingerprint density at radius 2 is 2.10 bits per heavy atom. The third-order valence-electron chi connectivity index (χ3n) is 3.06. The lowest BCUT2D eigenvalue weighted by Gasteiger charge is -2.11. The summed E-state index contributed by atoms with van der Waals surface area (Å²) in [5, 5.41) is 4.23. The minimum Gasteiger partial charge on any atom is -0.486 e. The fourth-order valence-corrected chi connectivity index (χ4v) is 2.18. The first kappa shape index (κ1) is 15.5. The van der Waals surface area contributed by atoms with Crippen LogP contribution in [0.4, 0.5) is 0 Å². The predicted molar refractivity (Wildman–Crippen MR) is 83.0 cm³/mol. The van der Waals surface area contributed by atoms with Gasteiger partial charge in [0.15, 0.2) is 5.82 Å². The molecule has 2 rings (SSSR count). The molecule has 1 aromatic heterocycles. The van der Waals surface area contributed by atoms with Crippen LogP contribution >= 0.6 is 0 Å². The maximum Gasteiger partial charge on any atom is 0.164 e. The number of ether oxygens (including phenoxy) is 1. The first-order valence-electron chi connectivity index (χ1n) is 7.38. The Kier molecular flexibility index (Phi) is 5.33. The van der Waals surface area contributed by atoms with Crippen molar-refractivity contribution in [3.63, 3.8) is 0 Å².